The third-order valence-electron chi connectivity index (χ3n) is 3.16. The first-order chi connectivity index (χ1) is 8.36. The van der Waals surface area contributed by atoms with Gasteiger partial charge < -0.3 is 15.2 Å². The zero-order valence-electron chi connectivity index (χ0n) is 10.2. The molecule has 1 heterocycles. The fourth-order valence-corrected chi connectivity index (χ4v) is 2.13. The van der Waals surface area contributed by atoms with E-state index in [4.69, 9.17) is 15.2 Å². The summed E-state index contributed by atoms with van der Waals surface area (Å²) in [5.74, 6) is 0. The van der Waals surface area contributed by atoms with Gasteiger partial charge in [-0.3, -0.25) is 0 Å². The first kappa shape index (κ1) is 12.6. The molecule has 0 spiro atoms. The van der Waals surface area contributed by atoms with E-state index in [1.54, 1.807) is 0 Å². The van der Waals surface area contributed by atoms with E-state index >= 15 is 0 Å². The van der Waals surface area contributed by atoms with Crippen molar-refractivity contribution < 1.29 is 9.47 Å². The Morgan fingerprint density at radius 3 is 2.76 bits per heavy atom. The highest BCUT2D eigenvalue weighted by Crippen LogP contribution is 2.11. The molecule has 0 bridgehead atoms. The van der Waals surface area contributed by atoms with E-state index < -0.39 is 0 Å². The first-order valence-electron chi connectivity index (χ1n) is 6.35. The van der Waals surface area contributed by atoms with Crippen LogP contribution in [0.15, 0.2) is 30.3 Å². The first-order valence-corrected chi connectivity index (χ1v) is 6.35. The van der Waals surface area contributed by atoms with Gasteiger partial charge >= 0.3 is 0 Å². The van der Waals surface area contributed by atoms with Crippen LogP contribution in [-0.2, 0) is 15.9 Å². The van der Waals surface area contributed by atoms with E-state index in [2.05, 4.69) is 24.3 Å². The van der Waals surface area contributed by atoms with Crippen molar-refractivity contribution in [3.8, 4) is 0 Å². The summed E-state index contributed by atoms with van der Waals surface area (Å²) in [7, 11) is 0. The maximum Gasteiger partial charge on any atom is 0.0959 e. The van der Waals surface area contributed by atoms with Crippen molar-refractivity contribution in [3.63, 3.8) is 0 Å². The Hall–Kier alpha value is -0.900. The van der Waals surface area contributed by atoms with Gasteiger partial charge in [0.1, 0.15) is 0 Å². The van der Waals surface area contributed by atoms with E-state index in [9.17, 15) is 0 Å². The average molecular weight is 235 g/mol. The van der Waals surface area contributed by atoms with Crippen molar-refractivity contribution in [1.82, 2.24) is 0 Å². The normalized spacial score (nSPS) is 22.3. The Labute approximate surface area is 103 Å². The van der Waals surface area contributed by atoms with Gasteiger partial charge in [0.25, 0.3) is 0 Å². The van der Waals surface area contributed by atoms with Crippen molar-refractivity contribution in [2.75, 3.05) is 19.8 Å². The van der Waals surface area contributed by atoms with E-state index in [1.807, 2.05) is 6.07 Å². The molecule has 1 aromatic carbocycles. The minimum Gasteiger partial charge on any atom is -0.376 e. The van der Waals surface area contributed by atoms with Gasteiger partial charge in [-0.2, -0.15) is 0 Å². The Morgan fingerprint density at radius 1 is 1.24 bits per heavy atom. The molecule has 1 fully saturated rings. The van der Waals surface area contributed by atoms with Crippen molar-refractivity contribution in [2.45, 2.75) is 31.4 Å². The molecule has 2 N–H and O–H groups in total. The zero-order valence-corrected chi connectivity index (χ0v) is 10.2. The molecule has 3 nitrogen and oxygen atoms in total. The molecule has 2 unspecified atom stereocenters. The SMILES string of the molecule is NC(CCCc1ccccc1)C1COCCO1. The third-order valence-corrected chi connectivity index (χ3v) is 3.16. The van der Waals surface area contributed by atoms with Crippen LogP contribution in [0.1, 0.15) is 18.4 Å². The Morgan fingerprint density at radius 2 is 2.06 bits per heavy atom. The molecule has 0 aliphatic carbocycles. The summed E-state index contributed by atoms with van der Waals surface area (Å²) in [6.07, 6.45) is 3.26. The van der Waals surface area contributed by atoms with Crippen molar-refractivity contribution in [3.05, 3.63) is 35.9 Å². The Kier molecular flexibility index (Phi) is 4.98. The fourth-order valence-electron chi connectivity index (χ4n) is 2.13. The van der Waals surface area contributed by atoms with Crippen LogP contribution >= 0.6 is 0 Å². The molecule has 0 saturated carbocycles. The summed E-state index contributed by atoms with van der Waals surface area (Å²) in [4.78, 5) is 0. The molecule has 1 aliphatic heterocycles. The number of hydrogen-bond donors (Lipinski definition) is 1. The summed E-state index contributed by atoms with van der Waals surface area (Å²) >= 11 is 0. The van der Waals surface area contributed by atoms with Crippen LogP contribution < -0.4 is 5.73 Å². The summed E-state index contributed by atoms with van der Waals surface area (Å²) in [5.41, 5.74) is 7.48. The monoisotopic (exact) mass is 235 g/mol. The largest absolute Gasteiger partial charge is 0.376 e. The molecular weight excluding hydrogens is 214 g/mol. The molecule has 2 atom stereocenters. The van der Waals surface area contributed by atoms with Crippen LogP contribution in [0.5, 0.6) is 0 Å². The lowest BCUT2D eigenvalue weighted by Crippen LogP contribution is -2.43. The van der Waals surface area contributed by atoms with Crippen LogP contribution in [-0.4, -0.2) is 32.0 Å². The molecule has 1 saturated heterocycles. The maximum absolute atomic E-state index is 6.11. The van der Waals surface area contributed by atoms with Crippen LogP contribution in [0.2, 0.25) is 0 Å². The summed E-state index contributed by atoms with van der Waals surface area (Å²) in [6, 6.07) is 10.6. The molecule has 0 radical (unpaired) electrons. The van der Waals surface area contributed by atoms with Crippen molar-refractivity contribution in [1.29, 1.82) is 0 Å². The lowest BCUT2D eigenvalue weighted by molar-refractivity contribution is -0.0977. The van der Waals surface area contributed by atoms with Gasteiger partial charge in [0.2, 0.25) is 0 Å². The average Bonchev–Trinajstić information content (AvgIpc) is 2.41. The van der Waals surface area contributed by atoms with E-state index in [0.29, 0.717) is 19.8 Å². The second-order valence-electron chi connectivity index (χ2n) is 4.53. The van der Waals surface area contributed by atoms with E-state index in [0.717, 1.165) is 19.3 Å². The molecule has 94 valence electrons. The van der Waals surface area contributed by atoms with Gasteiger partial charge in [-0.15, -0.1) is 0 Å². The molecule has 1 aliphatic rings. The quantitative estimate of drug-likeness (QED) is 0.845. The predicted octanol–water partition coefficient (Wildman–Crippen LogP) is 1.75. The second kappa shape index (κ2) is 6.74. The maximum atomic E-state index is 6.11. The molecule has 17 heavy (non-hydrogen) atoms. The standard InChI is InChI=1S/C14H21NO2/c15-13(14-11-16-9-10-17-14)8-4-7-12-5-2-1-3-6-12/h1-3,5-6,13-14H,4,7-11,15H2. The molecule has 0 aromatic heterocycles. The number of aryl methyl sites for hydroxylation is 1. The second-order valence-corrected chi connectivity index (χ2v) is 4.53. The summed E-state index contributed by atoms with van der Waals surface area (Å²) in [5, 5.41) is 0. The number of rotatable bonds is 5. The van der Waals surface area contributed by atoms with Gasteiger partial charge in [-0.25, -0.2) is 0 Å². The summed E-state index contributed by atoms with van der Waals surface area (Å²) in [6.45, 7) is 2.02. The van der Waals surface area contributed by atoms with Crippen LogP contribution in [0.3, 0.4) is 0 Å². The van der Waals surface area contributed by atoms with Gasteiger partial charge in [0, 0.05) is 6.04 Å². The molecular formula is C14H21NO2. The minimum absolute atomic E-state index is 0.0829. The van der Waals surface area contributed by atoms with Crippen molar-refractivity contribution in [2.24, 2.45) is 5.73 Å². The molecule has 0 amide bonds. The third kappa shape index (κ3) is 4.11. The lowest BCUT2D eigenvalue weighted by atomic mass is 10.0. The fraction of sp³-hybridized carbons (Fsp3) is 0.571. The van der Waals surface area contributed by atoms with Gasteiger partial charge in [-0.05, 0) is 24.8 Å². The molecule has 3 heteroatoms. The highest BCUT2D eigenvalue weighted by Gasteiger charge is 2.21. The predicted molar refractivity (Wildman–Crippen MR) is 67.9 cm³/mol. The van der Waals surface area contributed by atoms with E-state index in [1.165, 1.54) is 5.56 Å². The Balaban J connectivity index is 1.67. The number of ether oxygens (including phenoxy) is 2. The number of nitrogens with two attached hydrogens (primary N) is 1. The highest BCUT2D eigenvalue weighted by atomic mass is 16.6. The molecule has 1 aromatic rings. The number of benzene rings is 1. The van der Waals surface area contributed by atoms with Crippen molar-refractivity contribution >= 4 is 0 Å². The van der Waals surface area contributed by atoms with Crippen LogP contribution in [0.4, 0.5) is 0 Å². The summed E-state index contributed by atoms with van der Waals surface area (Å²) < 4.78 is 11.0. The highest BCUT2D eigenvalue weighted by molar-refractivity contribution is 5.14. The van der Waals surface area contributed by atoms with Crippen LogP contribution in [0, 0.1) is 0 Å². The minimum atomic E-state index is 0.0829. The zero-order chi connectivity index (χ0) is 11.9. The number of hydrogen-bond acceptors (Lipinski definition) is 3. The van der Waals surface area contributed by atoms with Gasteiger partial charge in [0.05, 0.1) is 25.9 Å². The van der Waals surface area contributed by atoms with Gasteiger partial charge in [-0.1, -0.05) is 30.3 Å². The van der Waals surface area contributed by atoms with E-state index in [-0.39, 0.29) is 12.1 Å². The molecule has 2 rings (SSSR count). The van der Waals surface area contributed by atoms with Gasteiger partial charge in [0.15, 0.2) is 0 Å². The lowest BCUT2D eigenvalue weighted by Gasteiger charge is -2.27. The Bertz CT molecular complexity index is 309. The smallest absolute Gasteiger partial charge is 0.0959 e. The topological polar surface area (TPSA) is 44.5 Å². The van der Waals surface area contributed by atoms with Crippen LogP contribution in [0.25, 0.3) is 0 Å².